The Balaban J connectivity index is 2.17. The van der Waals surface area contributed by atoms with E-state index in [4.69, 9.17) is 21.1 Å². The number of aryl methyl sites for hydroxylation is 2. The molecule has 0 aromatic heterocycles. The first-order valence-electron chi connectivity index (χ1n) is 7.20. The van der Waals surface area contributed by atoms with Gasteiger partial charge in [0.25, 0.3) is 0 Å². The van der Waals surface area contributed by atoms with Crippen LogP contribution in [-0.4, -0.2) is 24.3 Å². The first-order chi connectivity index (χ1) is 10.9. The number of hydrogen-bond donors (Lipinski definition) is 1. The molecule has 0 spiro atoms. The summed E-state index contributed by atoms with van der Waals surface area (Å²) in [5, 5.41) is 9.85. The molecule has 2 aromatic rings. The van der Waals surface area contributed by atoms with Crippen LogP contribution in [0.4, 0.5) is 0 Å². The number of benzene rings is 2. The number of aliphatic carboxylic acids is 1. The van der Waals surface area contributed by atoms with Crippen LogP contribution in [0.15, 0.2) is 36.4 Å². The number of rotatable bonds is 6. The van der Waals surface area contributed by atoms with Crippen molar-refractivity contribution in [3.63, 3.8) is 0 Å². The second kappa shape index (κ2) is 7.38. The van der Waals surface area contributed by atoms with Gasteiger partial charge in [0, 0.05) is 6.42 Å². The number of carbonyl (C=O) groups is 1. The van der Waals surface area contributed by atoms with E-state index in [1.54, 1.807) is 24.3 Å². The molecule has 0 aliphatic rings. The number of methoxy groups -OCH3 is 1. The fourth-order valence-electron chi connectivity index (χ4n) is 2.18. The molecule has 0 radical (unpaired) electrons. The van der Waals surface area contributed by atoms with Gasteiger partial charge in [-0.1, -0.05) is 23.7 Å². The zero-order chi connectivity index (χ0) is 17.0. The highest BCUT2D eigenvalue weighted by Gasteiger charge is 2.21. The normalized spacial score (nSPS) is 11.8. The predicted octanol–water partition coefficient (Wildman–Crippen LogP) is 4.04. The van der Waals surface area contributed by atoms with Crippen molar-refractivity contribution >= 4 is 17.6 Å². The van der Waals surface area contributed by atoms with Gasteiger partial charge in [-0.2, -0.15) is 0 Å². The molecule has 2 aromatic carbocycles. The third-order valence-electron chi connectivity index (χ3n) is 3.67. The summed E-state index contributed by atoms with van der Waals surface area (Å²) in [6.45, 7) is 3.95. The SMILES string of the molecule is COc1ccc(C[C@@H](Oc2ccc(C)c(C)c2)C(=O)O)cc1Cl. The topological polar surface area (TPSA) is 55.8 Å². The molecule has 4 nitrogen and oxygen atoms in total. The lowest BCUT2D eigenvalue weighted by atomic mass is 10.1. The third kappa shape index (κ3) is 4.39. The van der Waals surface area contributed by atoms with Crippen LogP contribution < -0.4 is 9.47 Å². The van der Waals surface area contributed by atoms with Crippen molar-refractivity contribution in [1.29, 1.82) is 0 Å². The van der Waals surface area contributed by atoms with Crippen molar-refractivity contribution in [3.8, 4) is 11.5 Å². The third-order valence-corrected chi connectivity index (χ3v) is 3.96. The van der Waals surface area contributed by atoms with Crippen molar-refractivity contribution in [2.45, 2.75) is 26.4 Å². The van der Waals surface area contributed by atoms with Crippen molar-refractivity contribution < 1.29 is 19.4 Å². The van der Waals surface area contributed by atoms with Crippen LogP contribution in [0, 0.1) is 13.8 Å². The smallest absolute Gasteiger partial charge is 0.345 e. The molecule has 2 rings (SSSR count). The highest BCUT2D eigenvalue weighted by atomic mass is 35.5. The quantitative estimate of drug-likeness (QED) is 0.866. The zero-order valence-electron chi connectivity index (χ0n) is 13.3. The Kier molecular flexibility index (Phi) is 5.50. The van der Waals surface area contributed by atoms with Crippen LogP contribution in [0.5, 0.6) is 11.5 Å². The van der Waals surface area contributed by atoms with E-state index in [-0.39, 0.29) is 6.42 Å². The molecule has 23 heavy (non-hydrogen) atoms. The van der Waals surface area contributed by atoms with Gasteiger partial charge in [-0.15, -0.1) is 0 Å². The van der Waals surface area contributed by atoms with E-state index in [9.17, 15) is 9.90 Å². The molecule has 0 aliphatic carbocycles. The maximum Gasteiger partial charge on any atom is 0.345 e. The van der Waals surface area contributed by atoms with Gasteiger partial charge >= 0.3 is 5.97 Å². The molecular formula is C18H19ClO4. The van der Waals surface area contributed by atoms with E-state index in [2.05, 4.69) is 0 Å². The zero-order valence-corrected chi connectivity index (χ0v) is 14.1. The van der Waals surface area contributed by atoms with Crippen molar-refractivity contribution in [3.05, 3.63) is 58.1 Å². The van der Waals surface area contributed by atoms with E-state index in [1.807, 2.05) is 26.0 Å². The van der Waals surface area contributed by atoms with Crippen LogP contribution >= 0.6 is 11.6 Å². The molecule has 122 valence electrons. The minimum Gasteiger partial charge on any atom is -0.495 e. The first-order valence-corrected chi connectivity index (χ1v) is 7.57. The fraction of sp³-hybridized carbons (Fsp3) is 0.278. The summed E-state index contributed by atoms with van der Waals surface area (Å²) < 4.78 is 10.7. The maximum atomic E-state index is 11.5. The summed E-state index contributed by atoms with van der Waals surface area (Å²) in [7, 11) is 1.53. The van der Waals surface area contributed by atoms with Crippen molar-refractivity contribution in [2.24, 2.45) is 0 Å². The Hall–Kier alpha value is -2.20. The Labute approximate surface area is 140 Å². The van der Waals surface area contributed by atoms with E-state index in [0.29, 0.717) is 16.5 Å². The van der Waals surface area contributed by atoms with Crippen LogP contribution in [0.2, 0.25) is 5.02 Å². The van der Waals surface area contributed by atoms with Gasteiger partial charge in [-0.05, 0) is 54.8 Å². The standard InChI is InChI=1S/C18H19ClO4/c1-11-4-6-14(8-12(11)2)23-17(18(20)21)10-13-5-7-16(22-3)15(19)9-13/h4-9,17H,10H2,1-3H3,(H,20,21)/t17-/m1/s1. The molecule has 0 saturated carbocycles. The highest BCUT2D eigenvalue weighted by molar-refractivity contribution is 6.32. The van der Waals surface area contributed by atoms with Gasteiger partial charge in [0.05, 0.1) is 12.1 Å². The molecule has 0 fully saturated rings. The second-order valence-electron chi connectivity index (χ2n) is 5.36. The summed E-state index contributed by atoms with van der Waals surface area (Å²) in [5.74, 6) is 0.0765. The minimum absolute atomic E-state index is 0.214. The lowest BCUT2D eigenvalue weighted by Gasteiger charge is -2.16. The molecule has 1 atom stereocenters. The number of carboxylic acid groups (broad SMARTS) is 1. The molecule has 0 heterocycles. The van der Waals surface area contributed by atoms with E-state index >= 15 is 0 Å². The summed E-state index contributed by atoms with van der Waals surface area (Å²) in [6, 6.07) is 10.7. The molecule has 0 saturated heterocycles. The van der Waals surface area contributed by atoms with Gasteiger partial charge in [0.1, 0.15) is 11.5 Å². The Morgan fingerprint density at radius 3 is 2.48 bits per heavy atom. The van der Waals surface area contributed by atoms with Crippen LogP contribution in [0.3, 0.4) is 0 Å². The molecule has 0 amide bonds. The monoisotopic (exact) mass is 334 g/mol. The number of halogens is 1. The largest absolute Gasteiger partial charge is 0.495 e. The first kappa shape index (κ1) is 17.2. The van der Waals surface area contributed by atoms with E-state index in [1.165, 1.54) is 7.11 Å². The summed E-state index contributed by atoms with van der Waals surface area (Å²) in [4.78, 5) is 11.5. The Morgan fingerprint density at radius 2 is 1.91 bits per heavy atom. The second-order valence-corrected chi connectivity index (χ2v) is 5.77. The molecule has 0 aliphatic heterocycles. The maximum absolute atomic E-state index is 11.5. The number of hydrogen-bond acceptors (Lipinski definition) is 3. The van der Waals surface area contributed by atoms with Gasteiger partial charge in [-0.3, -0.25) is 0 Å². The number of carboxylic acids is 1. The average Bonchev–Trinajstić information content (AvgIpc) is 2.50. The van der Waals surface area contributed by atoms with Crippen molar-refractivity contribution in [2.75, 3.05) is 7.11 Å². The fourth-order valence-corrected chi connectivity index (χ4v) is 2.46. The lowest BCUT2D eigenvalue weighted by Crippen LogP contribution is -2.29. The molecule has 0 bridgehead atoms. The van der Waals surface area contributed by atoms with Gasteiger partial charge < -0.3 is 14.6 Å². The highest BCUT2D eigenvalue weighted by Crippen LogP contribution is 2.26. The molecule has 5 heteroatoms. The van der Waals surface area contributed by atoms with Crippen LogP contribution in [0.25, 0.3) is 0 Å². The minimum atomic E-state index is -1.02. The molecule has 0 unspecified atom stereocenters. The van der Waals surface area contributed by atoms with Crippen molar-refractivity contribution in [1.82, 2.24) is 0 Å². The van der Waals surface area contributed by atoms with E-state index in [0.717, 1.165) is 16.7 Å². The van der Waals surface area contributed by atoms with Gasteiger partial charge in [0.15, 0.2) is 6.10 Å². The predicted molar refractivity (Wildman–Crippen MR) is 89.7 cm³/mol. The average molecular weight is 335 g/mol. The van der Waals surface area contributed by atoms with Crippen LogP contribution in [0.1, 0.15) is 16.7 Å². The number of ether oxygens (including phenoxy) is 2. The van der Waals surface area contributed by atoms with Gasteiger partial charge in [0.2, 0.25) is 0 Å². The van der Waals surface area contributed by atoms with Crippen LogP contribution in [-0.2, 0) is 11.2 Å². The summed E-state index contributed by atoms with van der Waals surface area (Å²) in [5.41, 5.74) is 2.96. The Morgan fingerprint density at radius 1 is 1.17 bits per heavy atom. The molecule has 1 N–H and O–H groups in total. The van der Waals surface area contributed by atoms with Gasteiger partial charge in [-0.25, -0.2) is 4.79 Å². The lowest BCUT2D eigenvalue weighted by molar-refractivity contribution is -0.145. The summed E-state index contributed by atoms with van der Waals surface area (Å²) in [6.07, 6.45) is -0.770. The Bertz CT molecular complexity index is 712. The summed E-state index contributed by atoms with van der Waals surface area (Å²) >= 11 is 6.08. The molecular weight excluding hydrogens is 316 g/mol. The van der Waals surface area contributed by atoms with E-state index < -0.39 is 12.1 Å².